The number of nitrogens with zero attached hydrogens (tertiary/aromatic N) is 2. The number of ether oxygens (including phenoxy) is 1. The molecule has 3 aromatic rings. The SMILES string of the molecule is COc1ccc(Cl)cc1N1C[C@H](C(=O)Nc2ccc3oc(C)nc3c2)CC1=O. The molecule has 0 spiro atoms. The molecule has 1 atom stereocenters. The first-order valence-corrected chi connectivity index (χ1v) is 9.14. The first kappa shape index (κ1) is 18.3. The molecule has 2 heterocycles. The van der Waals surface area contributed by atoms with Crippen LogP contribution >= 0.6 is 11.6 Å². The van der Waals surface area contributed by atoms with Crippen molar-refractivity contribution in [2.45, 2.75) is 13.3 Å². The van der Waals surface area contributed by atoms with Crippen molar-refractivity contribution in [2.75, 3.05) is 23.9 Å². The van der Waals surface area contributed by atoms with Crippen LogP contribution in [0.2, 0.25) is 5.02 Å². The molecule has 2 amide bonds. The second-order valence-corrected chi connectivity index (χ2v) is 7.06. The number of rotatable bonds is 4. The number of hydrogen-bond donors (Lipinski definition) is 1. The molecule has 1 aliphatic rings. The van der Waals surface area contributed by atoms with Crippen LogP contribution in [0.15, 0.2) is 40.8 Å². The molecule has 1 aliphatic heterocycles. The number of halogens is 1. The molecule has 1 N–H and O–H groups in total. The Labute approximate surface area is 166 Å². The molecule has 28 heavy (non-hydrogen) atoms. The van der Waals surface area contributed by atoms with Gasteiger partial charge in [-0.3, -0.25) is 9.59 Å². The minimum Gasteiger partial charge on any atom is -0.495 e. The highest BCUT2D eigenvalue weighted by molar-refractivity contribution is 6.31. The van der Waals surface area contributed by atoms with Crippen LogP contribution in [0, 0.1) is 12.8 Å². The lowest BCUT2D eigenvalue weighted by molar-refractivity contribution is -0.122. The fourth-order valence-corrected chi connectivity index (χ4v) is 3.52. The number of nitrogens with one attached hydrogen (secondary N) is 1. The fraction of sp³-hybridized carbons (Fsp3) is 0.250. The van der Waals surface area contributed by atoms with Crippen molar-refractivity contribution < 1.29 is 18.7 Å². The van der Waals surface area contributed by atoms with E-state index in [1.807, 2.05) is 0 Å². The molecular weight excluding hydrogens is 382 g/mol. The van der Waals surface area contributed by atoms with Crippen molar-refractivity contribution in [3.63, 3.8) is 0 Å². The topological polar surface area (TPSA) is 84.7 Å². The van der Waals surface area contributed by atoms with E-state index in [0.29, 0.717) is 39.1 Å². The van der Waals surface area contributed by atoms with Gasteiger partial charge in [0.2, 0.25) is 11.8 Å². The van der Waals surface area contributed by atoms with E-state index in [-0.39, 0.29) is 24.8 Å². The summed E-state index contributed by atoms with van der Waals surface area (Å²) < 4.78 is 10.8. The monoisotopic (exact) mass is 399 g/mol. The molecule has 4 rings (SSSR count). The molecule has 144 valence electrons. The van der Waals surface area contributed by atoms with E-state index < -0.39 is 5.92 Å². The van der Waals surface area contributed by atoms with Gasteiger partial charge in [0.25, 0.3) is 0 Å². The van der Waals surface area contributed by atoms with Crippen LogP contribution in [-0.4, -0.2) is 30.5 Å². The Balaban J connectivity index is 1.51. The van der Waals surface area contributed by atoms with Crippen LogP contribution in [0.1, 0.15) is 12.3 Å². The highest BCUT2D eigenvalue weighted by atomic mass is 35.5. The number of carbonyl (C=O) groups excluding carboxylic acids is 2. The van der Waals surface area contributed by atoms with Crippen LogP contribution in [0.4, 0.5) is 11.4 Å². The minimum absolute atomic E-state index is 0.118. The zero-order chi connectivity index (χ0) is 19.8. The summed E-state index contributed by atoms with van der Waals surface area (Å²) in [6.07, 6.45) is 0.118. The number of methoxy groups -OCH3 is 1. The summed E-state index contributed by atoms with van der Waals surface area (Å²) in [7, 11) is 1.53. The molecule has 0 unspecified atom stereocenters. The van der Waals surface area contributed by atoms with Crippen molar-refractivity contribution in [3.05, 3.63) is 47.3 Å². The molecule has 0 aliphatic carbocycles. The molecule has 1 aromatic heterocycles. The highest BCUT2D eigenvalue weighted by Crippen LogP contribution is 2.35. The molecule has 8 heteroatoms. The third kappa shape index (κ3) is 3.41. The van der Waals surface area contributed by atoms with Crippen molar-refractivity contribution in [3.8, 4) is 5.75 Å². The number of hydrogen-bond acceptors (Lipinski definition) is 5. The van der Waals surface area contributed by atoms with E-state index in [0.717, 1.165) is 0 Å². The maximum absolute atomic E-state index is 12.7. The first-order valence-electron chi connectivity index (χ1n) is 8.76. The maximum atomic E-state index is 12.7. The third-order valence-electron chi connectivity index (χ3n) is 4.69. The van der Waals surface area contributed by atoms with Gasteiger partial charge in [0, 0.05) is 30.6 Å². The number of aryl methyl sites for hydroxylation is 1. The minimum atomic E-state index is -0.481. The lowest BCUT2D eigenvalue weighted by Crippen LogP contribution is -2.28. The number of fused-ring (bicyclic) bond motifs is 1. The normalized spacial score (nSPS) is 16.6. The Morgan fingerprint density at radius 3 is 2.93 bits per heavy atom. The number of carbonyl (C=O) groups is 2. The molecular formula is C20H18ClN3O4. The Bertz CT molecular complexity index is 1080. The molecule has 1 fully saturated rings. The molecule has 0 bridgehead atoms. The van der Waals surface area contributed by atoms with Crippen LogP contribution < -0.4 is 15.0 Å². The summed E-state index contributed by atoms with van der Waals surface area (Å²) in [5.74, 6) is 0.238. The van der Waals surface area contributed by atoms with Gasteiger partial charge in [0.05, 0.1) is 18.7 Å². The fourth-order valence-electron chi connectivity index (χ4n) is 3.35. The third-order valence-corrected chi connectivity index (χ3v) is 4.92. The van der Waals surface area contributed by atoms with Crippen LogP contribution in [0.25, 0.3) is 11.1 Å². The van der Waals surface area contributed by atoms with Crippen molar-refractivity contribution >= 4 is 45.9 Å². The van der Waals surface area contributed by atoms with Crippen LogP contribution in [0.3, 0.4) is 0 Å². The Morgan fingerprint density at radius 2 is 2.14 bits per heavy atom. The average Bonchev–Trinajstić information content (AvgIpc) is 3.23. The molecule has 1 saturated heterocycles. The van der Waals surface area contributed by atoms with E-state index >= 15 is 0 Å². The molecule has 2 aromatic carbocycles. The average molecular weight is 400 g/mol. The number of aromatic nitrogens is 1. The Kier molecular flexibility index (Phi) is 4.68. The standard InChI is InChI=1S/C20H18ClN3O4/c1-11-22-15-9-14(4-6-17(15)28-11)23-20(26)12-7-19(25)24(10-12)16-8-13(21)3-5-18(16)27-2/h3-6,8-9,12H,7,10H2,1-2H3,(H,23,26)/t12-/m1/s1. The predicted octanol–water partition coefficient (Wildman–Crippen LogP) is 3.79. The van der Waals surface area contributed by atoms with Gasteiger partial charge in [-0.25, -0.2) is 4.98 Å². The largest absolute Gasteiger partial charge is 0.495 e. The van der Waals surface area contributed by atoms with Crippen LogP contribution in [-0.2, 0) is 9.59 Å². The van der Waals surface area contributed by atoms with Gasteiger partial charge in [0.1, 0.15) is 11.3 Å². The summed E-state index contributed by atoms with van der Waals surface area (Å²) in [5.41, 5.74) is 2.50. The highest BCUT2D eigenvalue weighted by Gasteiger charge is 2.36. The van der Waals surface area contributed by atoms with Gasteiger partial charge in [-0.15, -0.1) is 0 Å². The first-order chi connectivity index (χ1) is 13.4. The summed E-state index contributed by atoms with van der Waals surface area (Å²) in [4.78, 5) is 31.0. The zero-order valence-electron chi connectivity index (χ0n) is 15.4. The number of anilines is 2. The number of amides is 2. The van der Waals surface area contributed by atoms with Gasteiger partial charge >= 0.3 is 0 Å². The van der Waals surface area contributed by atoms with E-state index in [1.54, 1.807) is 48.2 Å². The lowest BCUT2D eigenvalue weighted by Gasteiger charge is -2.19. The van der Waals surface area contributed by atoms with Gasteiger partial charge in [-0.2, -0.15) is 0 Å². The van der Waals surface area contributed by atoms with Crippen molar-refractivity contribution in [1.29, 1.82) is 0 Å². The Morgan fingerprint density at radius 1 is 1.32 bits per heavy atom. The van der Waals surface area contributed by atoms with E-state index in [1.165, 1.54) is 7.11 Å². The van der Waals surface area contributed by atoms with Gasteiger partial charge in [0.15, 0.2) is 11.5 Å². The van der Waals surface area contributed by atoms with E-state index in [2.05, 4.69) is 10.3 Å². The smallest absolute Gasteiger partial charge is 0.229 e. The molecule has 7 nitrogen and oxygen atoms in total. The summed E-state index contributed by atoms with van der Waals surface area (Å²) in [5, 5.41) is 3.35. The Hall–Kier alpha value is -3.06. The van der Waals surface area contributed by atoms with Crippen LogP contribution in [0.5, 0.6) is 5.75 Å². The number of benzene rings is 2. The zero-order valence-corrected chi connectivity index (χ0v) is 16.1. The summed E-state index contributed by atoms with van der Waals surface area (Å²) in [6.45, 7) is 2.02. The van der Waals surface area contributed by atoms with E-state index in [9.17, 15) is 9.59 Å². The second kappa shape index (κ2) is 7.16. The van der Waals surface area contributed by atoms with Gasteiger partial charge in [-0.05, 0) is 36.4 Å². The lowest BCUT2D eigenvalue weighted by atomic mass is 10.1. The number of oxazole rings is 1. The second-order valence-electron chi connectivity index (χ2n) is 6.63. The molecule has 0 saturated carbocycles. The maximum Gasteiger partial charge on any atom is 0.229 e. The predicted molar refractivity (Wildman–Crippen MR) is 106 cm³/mol. The summed E-state index contributed by atoms with van der Waals surface area (Å²) >= 11 is 6.07. The summed E-state index contributed by atoms with van der Waals surface area (Å²) in [6, 6.07) is 10.3. The van der Waals surface area contributed by atoms with Crippen molar-refractivity contribution in [2.24, 2.45) is 5.92 Å². The van der Waals surface area contributed by atoms with Crippen molar-refractivity contribution in [1.82, 2.24) is 4.98 Å². The quantitative estimate of drug-likeness (QED) is 0.721. The van der Waals surface area contributed by atoms with Gasteiger partial charge in [-0.1, -0.05) is 11.6 Å². The van der Waals surface area contributed by atoms with Gasteiger partial charge < -0.3 is 19.4 Å². The van der Waals surface area contributed by atoms with E-state index in [4.69, 9.17) is 20.8 Å². The molecule has 0 radical (unpaired) electrons.